The van der Waals surface area contributed by atoms with E-state index in [4.69, 9.17) is 11.6 Å². The summed E-state index contributed by atoms with van der Waals surface area (Å²) in [7, 11) is 7.16. The van der Waals surface area contributed by atoms with E-state index in [0.717, 1.165) is 29.9 Å². The van der Waals surface area contributed by atoms with Crippen molar-refractivity contribution in [2.75, 3.05) is 61.4 Å². The van der Waals surface area contributed by atoms with Crippen LogP contribution in [0.1, 0.15) is 141 Å². The van der Waals surface area contributed by atoms with E-state index >= 15 is 9.59 Å². The third kappa shape index (κ3) is 17.1. The lowest BCUT2D eigenvalue weighted by Gasteiger charge is -2.40. The van der Waals surface area contributed by atoms with Gasteiger partial charge in [0, 0.05) is 67.2 Å². The molecule has 0 aromatic heterocycles. The first-order chi connectivity index (χ1) is 43.0. The Bertz CT molecular complexity index is 3020. The predicted octanol–water partition coefficient (Wildman–Crippen LogP) is 4.48. The summed E-state index contributed by atoms with van der Waals surface area (Å²) in [5.74, 6) is -7.46. The number of amides is 11. The number of carbonyl (C=O) groups excluding carboxylic acids is 11. The number of aryl methyl sites for hydroxylation is 1. The summed E-state index contributed by atoms with van der Waals surface area (Å²) >= 11 is 6.12. The molecule has 9 atom stereocenters. The summed E-state index contributed by atoms with van der Waals surface area (Å²) in [5, 5.41) is 11.0. The molecule has 3 aliphatic heterocycles. The fraction of sp³-hybridized carbons (Fsp3) is 0.646. The number of hydrogen-bond acceptors (Lipinski definition) is 11. The Balaban J connectivity index is 1.23. The summed E-state index contributed by atoms with van der Waals surface area (Å²) in [6.45, 7) is 5.83. The van der Waals surface area contributed by atoms with Gasteiger partial charge < -0.3 is 55.6 Å². The molecule has 2 aromatic carbocycles. The molecular weight excluding hydrogens is 1200 g/mol. The van der Waals surface area contributed by atoms with Gasteiger partial charge in [-0.15, -0.1) is 0 Å². The molecule has 7 rings (SSSR count). The smallest absolute Gasteiger partial charge is 0.351 e. The van der Waals surface area contributed by atoms with Crippen LogP contribution in [0.2, 0.25) is 5.02 Å². The summed E-state index contributed by atoms with van der Waals surface area (Å²) in [6.07, 6.45) is 0.760. The fourth-order valence-electron chi connectivity index (χ4n) is 13.6. The van der Waals surface area contributed by atoms with Crippen molar-refractivity contribution in [2.45, 2.75) is 197 Å². The molecule has 2 aliphatic carbocycles. The number of fused-ring (bicyclic) bond motifs is 2. The van der Waals surface area contributed by atoms with Crippen molar-refractivity contribution in [2.24, 2.45) is 11.8 Å². The Labute approximate surface area is 536 Å². The highest BCUT2D eigenvalue weighted by molar-refractivity contribution is 6.31. The Morgan fingerprint density at radius 3 is 1.89 bits per heavy atom. The number of carbonyl (C=O) groups is 11. The van der Waals surface area contributed by atoms with Crippen LogP contribution in [0.3, 0.4) is 0 Å². The van der Waals surface area contributed by atoms with Crippen LogP contribution in [0.15, 0.2) is 48.5 Å². The topological polar surface area (TPSA) is 259 Å². The molecule has 0 unspecified atom stereocenters. The van der Waals surface area contributed by atoms with Gasteiger partial charge in [-0.3, -0.25) is 52.7 Å². The minimum absolute atomic E-state index is 0.0228. The van der Waals surface area contributed by atoms with Crippen LogP contribution >= 0.6 is 11.6 Å². The van der Waals surface area contributed by atoms with Crippen LogP contribution in [0.25, 0.3) is 0 Å². The van der Waals surface area contributed by atoms with Crippen LogP contribution in [-0.4, -0.2) is 215 Å². The van der Waals surface area contributed by atoms with Gasteiger partial charge in [-0.25, -0.2) is 0 Å². The minimum Gasteiger partial charge on any atom is -0.351 e. The van der Waals surface area contributed by atoms with Crippen molar-refractivity contribution >= 4 is 76.6 Å². The molecular formula is C65H91ClF3N11O11. The van der Waals surface area contributed by atoms with Crippen molar-refractivity contribution in [3.8, 4) is 0 Å². The third-order valence-electron chi connectivity index (χ3n) is 19.3. The predicted molar refractivity (Wildman–Crippen MR) is 332 cm³/mol. The van der Waals surface area contributed by atoms with Crippen molar-refractivity contribution < 1.29 is 65.9 Å². The van der Waals surface area contributed by atoms with E-state index in [2.05, 4.69) is 21.3 Å². The summed E-state index contributed by atoms with van der Waals surface area (Å²) < 4.78 is 41.4. The summed E-state index contributed by atoms with van der Waals surface area (Å²) in [6, 6.07) is 3.10. The summed E-state index contributed by atoms with van der Waals surface area (Å²) in [4.78, 5) is 169. The first kappa shape index (κ1) is 71.1. The van der Waals surface area contributed by atoms with E-state index in [1.54, 1.807) is 44.2 Å². The fourth-order valence-corrected chi connectivity index (χ4v) is 13.9. The Kier molecular flexibility index (Phi) is 24.1. The zero-order chi connectivity index (χ0) is 66.8. The molecule has 5 aliphatic rings. The van der Waals surface area contributed by atoms with E-state index in [9.17, 15) is 56.3 Å². The molecule has 500 valence electrons. The highest BCUT2D eigenvalue weighted by Gasteiger charge is 2.50. The Morgan fingerprint density at radius 1 is 0.637 bits per heavy atom. The molecule has 0 radical (unpaired) electrons. The van der Waals surface area contributed by atoms with Crippen molar-refractivity contribution in [1.82, 2.24) is 55.6 Å². The van der Waals surface area contributed by atoms with Crippen LogP contribution in [0.5, 0.6) is 0 Å². The second-order valence-electron chi connectivity index (χ2n) is 25.8. The largest absolute Gasteiger partial charge is 0.417 e. The molecule has 2 saturated carbocycles. The number of alkyl halides is 3. The van der Waals surface area contributed by atoms with Gasteiger partial charge in [0.15, 0.2) is 0 Å². The average Bonchev–Trinajstić information content (AvgIpc) is 1.71. The zero-order valence-electron chi connectivity index (χ0n) is 53.9. The third-order valence-corrected chi connectivity index (χ3v) is 19.7. The van der Waals surface area contributed by atoms with Gasteiger partial charge in [-0.05, 0) is 113 Å². The van der Waals surface area contributed by atoms with Gasteiger partial charge in [-0.1, -0.05) is 94.0 Å². The van der Waals surface area contributed by atoms with Gasteiger partial charge in [0.2, 0.25) is 65.0 Å². The number of nitrogens with one attached hydrogen (secondary N) is 4. The van der Waals surface area contributed by atoms with Gasteiger partial charge in [0.25, 0.3) is 0 Å². The SMILES string of the molecule is CC[C@H](C)[C@@H]1NC(=O)[C@H](C)N(C)C(=O)C[C@@H](C)NC(=O)[C@H](C2CCCC2)N(C)C(=O)C2(CCCC2)NC(=O)[C@@H]2CCCN2C(=O)[C@H](CCc2ccc(C(F)(F)F)c(Cl)c2)NC(=O)CN(C)C(=O)[C@H](Cc2ccccc2)N(C)C(=O)[C@@H]2CCCN2C(=O)CN(C)C1=O. The van der Waals surface area contributed by atoms with Crippen LogP contribution in [0, 0.1) is 11.8 Å². The number of nitrogens with zero attached hydrogens (tertiary/aromatic N) is 7. The molecule has 2 aromatic rings. The number of benzene rings is 2. The van der Waals surface area contributed by atoms with Gasteiger partial charge >= 0.3 is 6.18 Å². The lowest BCUT2D eigenvalue weighted by atomic mass is 9.90. The number of hydrogen-bond donors (Lipinski definition) is 4. The number of halogens is 4. The van der Waals surface area contributed by atoms with Crippen molar-refractivity contribution in [1.29, 1.82) is 0 Å². The molecule has 91 heavy (non-hydrogen) atoms. The molecule has 3 saturated heterocycles. The van der Waals surface area contributed by atoms with Crippen LogP contribution in [-0.2, 0) is 71.8 Å². The molecule has 5 fully saturated rings. The maximum atomic E-state index is 15.2. The van der Waals surface area contributed by atoms with Gasteiger partial charge in [-0.2, -0.15) is 13.2 Å². The number of likely N-dealkylation sites (N-methyl/N-ethyl adjacent to an activating group) is 5. The highest BCUT2D eigenvalue weighted by Crippen LogP contribution is 2.38. The second-order valence-corrected chi connectivity index (χ2v) is 26.2. The monoisotopic (exact) mass is 1290 g/mol. The Morgan fingerprint density at radius 2 is 1.26 bits per heavy atom. The van der Waals surface area contributed by atoms with Gasteiger partial charge in [0.1, 0.15) is 47.8 Å². The van der Waals surface area contributed by atoms with E-state index in [-0.39, 0.29) is 70.4 Å². The second kappa shape index (κ2) is 30.9. The normalized spacial score (nSPS) is 27.3. The van der Waals surface area contributed by atoms with Crippen LogP contribution in [0.4, 0.5) is 13.2 Å². The van der Waals surface area contributed by atoms with Crippen LogP contribution < -0.4 is 21.3 Å². The molecule has 11 amide bonds. The quantitative estimate of drug-likeness (QED) is 0.287. The first-order valence-electron chi connectivity index (χ1n) is 32.0. The Hall–Kier alpha value is -7.31. The average molecular weight is 1290 g/mol. The molecule has 1 spiro atoms. The standard InChI is InChI=1S/C65H91ClF3N11O11/c1-10-39(2)54-62(90)75(6)38-53(83)79-32-19-25-49(79)61(89)77(8)50(36-42-20-12-11-13-21-42)60(88)74(5)37-51(81)71-47(29-27-43-26-28-45(46(66)35-43)65(67,68)69)59(87)80-33-18-24-48(80)57(85)73-64(30-16-17-31-64)63(91)78(9)55(44-22-14-15-23-44)58(86)70-40(3)34-52(82)76(7)41(4)56(84)72-54/h11-13,20-21,26,28,35,39-41,44,47-50,54-55H,10,14-19,22-25,27,29-34,36-38H2,1-9H3,(H,70,86)(H,71,81)(H,72,84)(H,73,85)/t39-,40+,41-,47-,48-,49-,50-,54-,55-/m0/s1. The van der Waals surface area contributed by atoms with Crippen molar-refractivity contribution in [3.05, 3.63) is 70.2 Å². The van der Waals surface area contributed by atoms with Gasteiger partial charge in [0.05, 0.1) is 23.7 Å². The van der Waals surface area contributed by atoms with E-state index < -0.39 is 155 Å². The summed E-state index contributed by atoms with van der Waals surface area (Å²) in [5.41, 5.74) is -1.59. The number of rotatable bonds is 8. The molecule has 0 bridgehead atoms. The lowest BCUT2D eigenvalue weighted by molar-refractivity contribution is -0.151. The maximum absolute atomic E-state index is 15.2. The minimum atomic E-state index is -4.75. The lowest BCUT2D eigenvalue weighted by Crippen LogP contribution is -2.64. The first-order valence-corrected chi connectivity index (χ1v) is 32.4. The molecule has 4 N–H and O–H groups in total. The molecule has 22 nitrogen and oxygen atoms in total. The highest BCUT2D eigenvalue weighted by atomic mass is 35.5. The van der Waals surface area contributed by atoms with E-state index in [1.165, 1.54) is 77.6 Å². The maximum Gasteiger partial charge on any atom is 0.417 e. The van der Waals surface area contributed by atoms with E-state index in [0.29, 0.717) is 56.1 Å². The van der Waals surface area contributed by atoms with Crippen molar-refractivity contribution in [3.63, 3.8) is 0 Å². The molecule has 3 heterocycles. The zero-order valence-corrected chi connectivity index (χ0v) is 54.6. The van der Waals surface area contributed by atoms with E-state index in [1.807, 2.05) is 6.92 Å². The molecule has 26 heteroatoms.